The summed E-state index contributed by atoms with van der Waals surface area (Å²) in [5, 5.41) is 0. The maximum atomic E-state index is 13.5. The van der Waals surface area contributed by atoms with Crippen molar-refractivity contribution in [2.45, 2.75) is 6.11 Å². The number of hydrogen-bond acceptors (Lipinski definition) is 3. The molecule has 1 aromatic carbocycles. The van der Waals surface area contributed by atoms with Crippen molar-refractivity contribution in [3.8, 4) is 18.1 Å². The Balaban J connectivity index is 2.60. The number of carbonyl (C=O) groups is 1. The molecule has 0 aliphatic carbocycles. The molecule has 19 heavy (non-hydrogen) atoms. The number of nitrogens with zero attached hydrogens (tertiary/aromatic N) is 1. The molecule has 100 valence electrons. The molecule has 0 fully saturated rings. The normalized spacial score (nSPS) is 16.4. The lowest BCUT2D eigenvalue weighted by atomic mass is 10.2. The predicted octanol–water partition coefficient (Wildman–Crippen LogP) is 2.54. The van der Waals surface area contributed by atoms with E-state index in [9.17, 15) is 18.0 Å². The monoisotopic (exact) mass is 382 g/mol. The van der Waals surface area contributed by atoms with E-state index in [0.29, 0.717) is 4.90 Å². The van der Waals surface area contributed by atoms with Crippen molar-refractivity contribution in [1.29, 1.82) is 0 Å². The fraction of sp³-hybridized carbons (Fsp3) is 0.182. The molecule has 0 aromatic heterocycles. The van der Waals surface area contributed by atoms with Gasteiger partial charge >= 0.3 is 12.0 Å². The summed E-state index contributed by atoms with van der Waals surface area (Å²) in [4.78, 5) is 12.2. The quantitative estimate of drug-likeness (QED) is 0.486. The summed E-state index contributed by atoms with van der Waals surface area (Å²) >= 11 is 1.67. The highest BCUT2D eigenvalue weighted by atomic mass is 127. The van der Waals surface area contributed by atoms with Crippen LogP contribution in [0.25, 0.3) is 0 Å². The van der Waals surface area contributed by atoms with E-state index < -0.39 is 23.6 Å². The minimum absolute atomic E-state index is 0.00515. The fourth-order valence-electron chi connectivity index (χ4n) is 1.61. The number of amides is 1. The zero-order valence-electron chi connectivity index (χ0n) is 9.21. The largest absolute Gasteiger partial charge is 0.483 e. The highest BCUT2D eigenvalue weighted by Crippen LogP contribution is 2.41. The number of anilines is 2. The second-order valence-corrected chi connectivity index (χ2v) is 4.15. The number of hydrogen-bond donors (Lipinski definition) is 1. The lowest BCUT2D eigenvalue weighted by molar-refractivity contribution is -0.192. The van der Waals surface area contributed by atoms with E-state index in [4.69, 9.17) is 6.42 Å². The third kappa shape index (κ3) is 2.30. The summed E-state index contributed by atoms with van der Waals surface area (Å²) in [7, 11) is 0. The van der Waals surface area contributed by atoms with E-state index in [1.807, 2.05) is 0 Å². The van der Waals surface area contributed by atoms with Crippen molar-refractivity contribution in [3.63, 3.8) is 0 Å². The highest BCUT2D eigenvalue weighted by Gasteiger charge is 2.50. The average Bonchev–Trinajstić information content (AvgIpc) is 2.34. The molecule has 1 heterocycles. The molecule has 0 saturated heterocycles. The van der Waals surface area contributed by atoms with Crippen LogP contribution in [0.4, 0.5) is 24.5 Å². The van der Waals surface area contributed by atoms with E-state index >= 15 is 0 Å². The molecule has 0 unspecified atom stereocenters. The second-order valence-electron chi connectivity index (χ2n) is 3.61. The van der Waals surface area contributed by atoms with Crippen LogP contribution in [0.1, 0.15) is 0 Å². The lowest BCUT2D eigenvalue weighted by Crippen LogP contribution is -2.50. The SMILES string of the molecule is C#CCN1C(=O)C(F)(F)Oc2cc(F)c(NI)cc21. The number of fused-ring (bicyclic) bond motifs is 1. The van der Waals surface area contributed by atoms with E-state index in [0.717, 1.165) is 6.07 Å². The average molecular weight is 382 g/mol. The van der Waals surface area contributed by atoms with Gasteiger partial charge in [0, 0.05) is 6.07 Å². The molecular formula is C11H6F3IN2O2. The maximum Gasteiger partial charge on any atom is 0.483 e. The molecule has 0 saturated carbocycles. The van der Waals surface area contributed by atoms with Crippen LogP contribution in [-0.4, -0.2) is 18.6 Å². The summed E-state index contributed by atoms with van der Waals surface area (Å²) in [6.07, 6.45) is 0.987. The molecule has 1 amide bonds. The minimum Gasteiger partial charge on any atom is -0.423 e. The summed E-state index contributed by atoms with van der Waals surface area (Å²) < 4.78 is 46.9. The van der Waals surface area contributed by atoms with Crippen molar-refractivity contribution >= 4 is 40.1 Å². The molecule has 1 aliphatic heterocycles. The molecule has 1 aromatic rings. The first-order valence-electron chi connectivity index (χ1n) is 4.93. The smallest absolute Gasteiger partial charge is 0.423 e. The Morgan fingerprint density at radius 3 is 2.79 bits per heavy atom. The molecule has 0 spiro atoms. The Kier molecular flexibility index (Phi) is 3.49. The van der Waals surface area contributed by atoms with Gasteiger partial charge in [-0.25, -0.2) is 4.39 Å². The predicted molar refractivity (Wildman–Crippen MR) is 70.8 cm³/mol. The first-order chi connectivity index (χ1) is 8.90. The van der Waals surface area contributed by atoms with Gasteiger partial charge in [-0.05, 0) is 6.07 Å². The number of alkyl halides is 2. The molecule has 0 bridgehead atoms. The van der Waals surface area contributed by atoms with E-state index in [1.54, 1.807) is 22.9 Å². The van der Waals surface area contributed by atoms with Gasteiger partial charge in [0.05, 0.1) is 40.8 Å². The Morgan fingerprint density at radius 2 is 2.21 bits per heavy atom. The summed E-state index contributed by atoms with van der Waals surface area (Å²) in [5.41, 5.74) is 0.0254. The van der Waals surface area contributed by atoms with E-state index in [2.05, 4.69) is 14.2 Å². The van der Waals surface area contributed by atoms with Crippen LogP contribution >= 0.6 is 22.9 Å². The number of nitrogens with one attached hydrogen (secondary N) is 1. The number of halogens is 4. The first-order valence-corrected chi connectivity index (χ1v) is 6.01. The molecule has 1 N–H and O–H groups in total. The standard InChI is InChI=1S/C11H6F3IN2O2/c1-2-3-17-8-5-7(16-15)6(12)4-9(8)19-11(13,14)10(17)18/h1,4-5,16H,3H2. The van der Waals surface area contributed by atoms with Gasteiger partial charge in [0.15, 0.2) is 11.6 Å². The van der Waals surface area contributed by atoms with Gasteiger partial charge in [-0.15, -0.1) is 6.42 Å². The van der Waals surface area contributed by atoms with Crippen molar-refractivity contribution in [2.24, 2.45) is 0 Å². The van der Waals surface area contributed by atoms with Crippen LogP contribution in [0, 0.1) is 18.2 Å². The molecule has 8 heteroatoms. The van der Waals surface area contributed by atoms with Crippen molar-refractivity contribution in [1.82, 2.24) is 0 Å². The highest BCUT2D eigenvalue weighted by molar-refractivity contribution is 14.1. The van der Waals surface area contributed by atoms with Crippen LogP contribution < -0.4 is 13.2 Å². The number of carbonyl (C=O) groups excluding carboxylic acids is 1. The van der Waals surface area contributed by atoms with Crippen molar-refractivity contribution in [3.05, 3.63) is 17.9 Å². The Labute approximate surface area is 120 Å². The second kappa shape index (κ2) is 4.80. The van der Waals surface area contributed by atoms with Gasteiger partial charge in [-0.2, -0.15) is 8.78 Å². The molecule has 0 radical (unpaired) electrons. The van der Waals surface area contributed by atoms with Crippen LogP contribution in [-0.2, 0) is 4.79 Å². The first kappa shape index (κ1) is 13.8. The van der Waals surface area contributed by atoms with Gasteiger partial charge in [-0.1, -0.05) is 5.92 Å². The molecule has 0 atom stereocenters. The Hall–Kier alpha value is -1.63. The number of terminal acetylenes is 1. The van der Waals surface area contributed by atoms with Gasteiger partial charge in [0.1, 0.15) is 0 Å². The van der Waals surface area contributed by atoms with Crippen molar-refractivity contribution in [2.75, 3.05) is 15.0 Å². The Morgan fingerprint density at radius 1 is 1.53 bits per heavy atom. The van der Waals surface area contributed by atoms with Crippen molar-refractivity contribution < 1.29 is 22.7 Å². The topological polar surface area (TPSA) is 41.6 Å². The number of ether oxygens (including phenoxy) is 1. The van der Waals surface area contributed by atoms with Gasteiger partial charge in [0.2, 0.25) is 0 Å². The molecular weight excluding hydrogens is 376 g/mol. The van der Waals surface area contributed by atoms with Crippen LogP contribution in [0.2, 0.25) is 0 Å². The third-order valence-electron chi connectivity index (χ3n) is 2.42. The Bertz CT molecular complexity index is 586. The number of rotatable bonds is 2. The zero-order valence-corrected chi connectivity index (χ0v) is 11.4. The molecule has 2 rings (SSSR count). The minimum atomic E-state index is -4.06. The van der Waals surface area contributed by atoms with Crippen LogP contribution in [0.15, 0.2) is 12.1 Å². The van der Waals surface area contributed by atoms with Gasteiger partial charge in [0.25, 0.3) is 0 Å². The fourth-order valence-corrected chi connectivity index (χ4v) is 2.02. The van der Waals surface area contributed by atoms with E-state index in [1.165, 1.54) is 6.07 Å². The third-order valence-corrected chi connectivity index (χ3v) is 3.00. The van der Waals surface area contributed by atoms with E-state index in [-0.39, 0.29) is 17.9 Å². The number of benzene rings is 1. The maximum absolute atomic E-state index is 13.5. The van der Waals surface area contributed by atoms with Crippen LogP contribution in [0.3, 0.4) is 0 Å². The van der Waals surface area contributed by atoms with Gasteiger partial charge in [-0.3, -0.25) is 9.69 Å². The lowest BCUT2D eigenvalue weighted by Gasteiger charge is -2.32. The summed E-state index contributed by atoms with van der Waals surface area (Å²) in [6.45, 7) is -0.364. The van der Waals surface area contributed by atoms with Gasteiger partial charge < -0.3 is 8.27 Å². The zero-order chi connectivity index (χ0) is 14.2. The summed E-state index contributed by atoms with van der Waals surface area (Å²) in [5.74, 6) is -0.697. The molecule has 1 aliphatic rings. The van der Waals surface area contributed by atoms with Crippen LogP contribution in [0.5, 0.6) is 5.75 Å². The molecule has 4 nitrogen and oxygen atoms in total. The summed E-state index contributed by atoms with van der Waals surface area (Å²) in [6, 6.07) is 1.96.